The van der Waals surface area contributed by atoms with Gasteiger partial charge in [0.05, 0.1) is 32.0 Å². The number of primary sulfonamides is 1. The lowest BCUT2D eigenvalue weighted by Gasteiger charge is -2.25. The summed E-state index contributed by atoms with van der Waals surface area (Å²) in [7, 11) is 0.924. The molecule has 1 unspecified atom stereocenters. The zero-order valence-corrected chi connectivity index (χ0v) is 18.6. The molecule has 0 radical (unpaired) electrons. The second kappa shape index (κ2) is 9.15. The highest BCUT2D eigenvalue weighted by Gasteiger charge is 2.33. The van der Waals surface area contributed by atoms with Crippen molar-refractivity contribution in [3.63, 3.8) is 0 Å². The van der Waals surface area contributed by atoms with Crippen molar-refractivity contribution in [3.8, 4) is 17.2 Å². The Morgan fingerprint density at radius 3 is 2.17 bits per heavy atom. The van der Waals surface area contributed by atoms with Crippen LogP contribution < -0.4 is 19.3 Å². The van der Waals surface area contributed by atoms with Crippen LogP contribution in [0.4, 0.5) is 0 Å². The van der Waals surface area contributed by atoms with Crippen molar-refractivity contribution in [1.82, 2.24) is 4.90 Å². The molecule has 1 amide bonds. The third-order valence-corrected chi connectivity index (χ3v) is 7.02. The summed E-state index contributed by atoms with van der Waals surface area (Å²) in [6.07, 6.45) is 0.581. The van der Waals surface area contributed by atoms with E-state index in [0.29, 0.717) is 36.0 Å². The van der Waals surface area contributed by atoms with Gasteiger partial charge < -0.3 is 19.1 Å². The average molecular weight is 453 g/mol. The molecule has 0 aliphatic carbocycles. The minimum absolute atomic E-state index is 0.0416. The number of amides is 1. The van der Waals surface area contributed by atoms with E-state index in [1.807, 2.05) is 12.1 Å². The van der Waals surface area contributed by atoms with E-state index in [9.17, 15) is 13.2 Å². The molecule has 1 saturated heterocycles. The van der Waals surface area contributed by atoms with Crippen molar-refractivity contribution >= 4 is 27.7 Å². The van der Waals surface area contributed by atoms with Crippen LogP contribution in [-0.4, -0.2) is 52.9 Å². The number of nitrogens with two attached hydrogens (primary N) is 1. The Labute approximate surface area is 180 Å². The van der Waals surface area contributed by atoms with Gasteiger partial charge in [-0.25, -0.2) is 13.6 Å². The van der Waals surface area contributed by atoms with Gasteiger partial charge in [0.2, 0.25) is 21.7 Å². The van der Waals surface area contributed by atoms with Crippen LogP contribution in [0.2, 0.25) is 0 Å². The first kappa shape index (κ1) is 22.3. The molecule has 3 rings (SSSR count). The van der Waals surface area contributed by atoms with Crippen LogP contribution in [0, 0.1) is 0 Å². The highest BCUT2D eigenvalue weighted by atomic mass is 32.2. The predicted octanol–water partition coefficient (Wildman–Crippen LogP) is 2.18. The molecule has 10 heteroatoms. The maximum atomic E-state index is 12.5. The lowest BCUT2D eigenvalue weighted by Crippen LogP contribution is -2.30. The predicted molar refractivity (Wildman–Crippen MR) is 115 cm³/mol. The number of nitrogens with zero attached hydrogens (tertiary/aromatic N) is 1. The fourth-order valence-electron chi connectivity index (χ4n) is 3.31. The Morgan fingerprint density at radius 2 is 1.67 bits per heavy atom. The second-order valence-electron chi connectivity index (χ2n) is 6.65. The molecule has 2 aromatic carbocycles. The first-order chi connectivity index (χ1) is 14.3. The van der Waals surface area contributed by atoms with Crippen LogP contribution in [0.1, 0.15) is 16.5 Å². The molecule has 8 nitrogen and oxygen atoms in total. The number of rotatable bonds is 8. The van der Waals surface area contributed by atoms with Crippen LogP contribution in [0.25, 0.3) is 0 Å². The summed E-state index contributed by atoms with van der Waals surface area (Å²) in [4.78, 5) is 14.4. The van der Waals surface area contributed by atoms with Crippen LogP contribution in [0.15, 0.2) is 41.3 Å². The van der Waals surface area contributed by atoms with E-state index in [1.165, 1.54) is 23.9 Å². The number of ether oxygens (including phenoxy) is 3. The summed E-state index contributed by atoms with van der Waals surface area (Å²) in [6.45, 7) is 0.488. The topological polar surface area (TPSA) is 108 Å². The third kappa shape index (κ3) is 4.66. The molecule has 30 heavy (non-hydrogen) atoms. The molecule has 0 saturated carbocycles. The molecule has 1 heterocycles. The van der Waals surface area contributed by atoms with Gasteiger partial charge in [-0.15, -0.1) is 11.8 Å². The first-order valence-corrected chi connectivity index (χ1v) is 11.7. The summed E-state index contributed by atoms with van der Waals surface area (Å²) in [6, 6.07) is 10.1. The summed E-state index contributed by atoms with van der Waals surface area (Å²) in [5, 5.41) is 4.95. The number of thioether (sulfide) groups is 1. The molecule has 2 N–H and O–H groups in total. The zero-order chi connectivity index (χ0) is 21.9. The quantitative estimate of drug-likeness (QED) is 0.654. The van der Waals surface area contributed by atoms with E-state index >= 15 is 0 Å². The monoisotopic (exact) mass is 452 g/mol. The molecule has 1 aliphatic heterocycles. The Morgan fingerprint density at radius 1 is 1.07 bits per heavy atom. The largest absolute Gasteiger partial charge is 0.493 e. The summed E-state index contributed by atoms with van der Waals surface area (Å²) in [5.74, 6) is 1.99. The number of methoxy groups -OCH3 is 3. The highest BCUT2D eigenvalue weighted by molar-refractivity contribution is 8.00. The standard InChI is InChI=1S/C20H24N2O6S2/c1-26-16-10-14(11-17(27-2)19(16)28-3)20-22(18(23)12-29-20)9-8-13-4-6-15(7-5-13)30(21,24)25/h4-7,10-11,20H,8-9,12H2,1-3H3,(H2,21,24,25). The number of hydrogen-bond donors (Lipinski definition) is 1. The molecule has 162 valence electrons. The number of sulfonamides is 1. The van der Waals surface area contributed by atoms with Crippen LogP contribution >= 0.6 is 11.8 Å². The number of benzene rings is 2. The summed E-state index contributed by atoms with van der Waals surface area (Å²) >= 11 is 1.53. The minimum atomic E-state index is -3.72. The van der Waals surface area contributed by atoms with Crippen molar-refractivity contribution in [2.45, 2.75) is 16.7 Å². The van der Waals surface area contributed by atoms with Gasteiger partial charge in [-0.1, -0.05) is 12.1 Å². The van der Waals surface area contributed by atoms with Gasteiger partial charge in [-0.3, -0.25) is 4.79 Å². The summed E-state index contributed by atoms with van der Waals surface area (Å²) < 4.78 is 39.0. The van der Waals surface area contributed by atoms with Gasteiger partial charge in [-0.05, 0) is 41.8 Å². The molecule has 1 atom stereocenters. The van der Waals surface area contributed by atoms with Crippen LogP contribution in [-0.2, 0) is 21.2 Å². The highest BCUT2D eigenvalue weighted by Crippen LogP contribution is 2.45. The molecular formula is C20H24N2O6S2. The SMILES string of the molecule is COc1cc(C2SCC(=O)N2CCc2ccc(S(N)(=O)=O)cc2)cc(OC)c1OC. The van der Waals surface area contributed by atoms with E-state index in [0.717, 1.165) is 11.1 Å². The lowest BCUT2D eigenvalue weighted by molar-refractivity contribution is -0.128. The van der Waals surface area contributed by atoms with Gasteiger partial charge in [-0.2, -0.15) is 0 Å². The summed E-state index contributed by atoms with van der Waals surface area (Å²) in [5.41, 5.74) is 1.79. The van der Waals surface area contributed by atoms with Gasteiger partial charge in [0, 0.05) is 6.54 Å². The Bertz CT molecular complexity index is 999. The molecule has 1 fully saturated rings. The van der Waals surface area contributed by atoms with Crippen molar-refractivity contribution in [2.75, 3.05) is 33.6 Å². The van der Waals surface area contributed by atoms with Crippen molar-refractivity contribution in [2.24, 2.45) is 5.14 Å². The van der Waals surface area contributed by atoms with Crippen LogP contribution in [0.3, 0.4) is 0 Å². The fourth-order valence-corrected chi connectivity index (χ4v) is 5.02. The van der Waals surface area contributed by atoms with Crippen molar-refractivity contribution < 1.29 is 27.4 Å². The Kier molecular flexibility index (Phi) is 6.79. The number of carbonyl (C=O) groups excluding carboxylic acids is 1. The fraction of sp³-hybridized carbons (Fsp3) is 0.350. The van der Waals surface area contributed by atoms with Gasteiger partial charge in [0.15, 0.2) is 11.5 Å². The van der Waals surface area contributed by atoms with Gasteiger partial charge in [0.1, 0.15) is 5.37 Å². The van der Waals surface area contributed by atoms with E-state index in [4.69, 9.17) is 19.3 Å². The maximum absolute atomic E-state index is 12.5. The minimum Gasteiger partial charge on any atom is -0.493 e. The smallest absolute Gasteiger partial charge is 0.238 e. The Balaban J connectivity index is 1.81. The normalized spacial score (nSPS) is 16.6. The molecule has 2 aromatic rings. The number of carbonyl (C=O) groups is 1. The molecular weight excluding hydrogens is 428 g/mol. The molecule has 0 aromatic heterocycles. The average Bonchev–Trinajstić information content (AvgIpc) is 3.11. The van der Waals surface area contributed by atoms with E-state index in [1.54, 1.807) is 38.4 Å². The third-order valence-electron chi connectivity index (χ3n) is 4.83. The van der Waals surface area contributed by atoms with E-state index in [-0.39, 0.29) is 16.2 Å². The second-order valence-corrected chi connectivity index (χ2v) is 9.28. The Hall–Kier alpha value is -2.43. The molecule has 0 spiro atoms. The first-order valence-electron chi connectivity index (χ1n) is 9.11. The van der Waals surface area contributed by atoms with Crippen molar-refractivity contribution in [1.29, 1.82) is 0 Å². The van der Waals surface area contributed by atoms with E-state index in [2.05, 4.69) is 0 Å². The molecule has 0 bridgehead atoms. The van der Waals surface area contributed by atoms with Crippen molar-refractivity contribution in [3.05, 3.63) is 47.5 Å². The maximum Gasteiger partial charge on any atom is 0.238 e. The van der Waals surface area contributed by atoms with Crippen LogP contribution in [0.5, 0.6) is 17.2 Å². The molecule has 1 aliphatic rings. The van der Waals surface area contributed by atoms with Gasteiger partial charge >= 0.3 is 0 Å². The van der Waals surface area contributed by atoms with Gasteiger partial charge in [0.25, 0.3) is 0 Å². The lowest BCUT2D eigenvalue weighted by atomic mass is 10.1. The number of hydrogen-bond acceptors (Lipinski definition) is 7. The zero-order valence-electron chi connectivity index (χ0n) is 17.0. The van der Waals surface area contributed by atoms with E-state index < -0.39 is 10.0 Å².